The first-order chi connectivity index (χ1) is 5.93. The van der Waals surface area contributed by atoms with Gasteiger partial charge in [0.2, 0.25) is 5.91 Å². The lowest BCUT2D eigenvalue weighted by atomic mass is 10.2. The molecule has 0 saturated heterocycles. The van der Waals surface area contributed by atoms with Gasteiger partial charge in [0.25, 0.3) is 0 Å². The second-order valence-electron chi connectivity index (χ2n) is 3.50. The third-order valence-corrected chi connectivity index (χ3v) is 1.89. The Kier molecular flexibility index (Phi) is 5.30. The van der Waals surface area contributed by atoms with Gasteiger partial charge in [0.15, 0.2) is 0 Å². The monoisotopic (exact) mass is 186 g/mol. The van der Waals surface area contributed by atoms with Crippen molar-refractivity contribution in [3.05, 3.63) is 0 Å². The maximum Gasteiger partial charge on any atom is 0.227 e. The van der Waals surface area contributed by atoms with E-state index in [9.17, 15) is 9.59 Å². The van der Waals surface area contributed by atoms with Gasteiger partial charge in [-0.05, 0) is 27.9 Å². The number of carbonyl (C=O) groups is 2. The first kappa shape index (κ1) is 12.1. The van der Waals surface area contributed by atoms with Crippen molar-refractivity contribution in [2.45, 2.75) is 26.3 Å². The summed E-state index contributed by atoms with van der Waals surface area (Å²) >= 11 is 0. The number of carbonyl (C=O) groups excluding carboxylic acids is 2. The molecule has 0 radical (unpaired) electrons. The Hall–Kier alpha value is -0.900. The van der Waals surface area contributed by atoms with Crippen molar-refractivity contribution in [3.8, 4) is 0 Å². The molecule has 0 aliphatic heterocycles. The van der Waals surface area contributed by atoms with Crippen LogP contribution in [0, 0.1) is 0 Å². The third-order valence-electron chi connectivity index (χ3n) is 1.89. The second-order valence-corrected chi connectivity index (χ2v) is 3.50. The summed E-state index contributed by atoms with van der Waals surface area (Å²) < 4.78 is 0. The van der Waals surface area contributed by atoms with Crippen LogP contribution in [0.25, 0.3) is 0 Å². The molecule has 0 bridgehead atoms. The van der Waals surface area contributed by atoms with E-state index in [1.54, 1.807) is 0 Å². The number of likely N-dealkylation sites (N-methyl/N-ethyl adjacent to an activating group) is 1. The highest BCUT2D eigenvalue weighted by molar-refractivity contribution is 5.96. The Morgan fingerprint density at radius 2 is 1.92 bits per heavy atom. The van der Waals surface area contributed by atoms with E-state index in [-0.39, 0.29) is 24.2 Å². The van der Waals surface area contributed by atoms with E-state index < -0.39 is 0 Å². The molecule has 4 heteroatoms. The Bertz CT molecular complexity index is 190. The van der Waals surface area contributed by atoms with Gasteiger partial charge in [-0.1, -0.05) is 0 Å². The number of rotatable bonds is 5. The van der Waals surface area contributed by atoms with Crippen molar-refractivity contribution in [3.63, 3.8) is 0 Å². The van der Waals surface area contributed by atoms with Crippen LogP contribution in [-0.2, 0) is 9.59 Å². The molecule has 13 heavy (non-hydrogen) atoms. The van der Waals surface area contributed by atoms with Gasteiger partial charge in [0.1, 0.15) is 5.78 Å². The summed E-state index contributed by atoms with van der Waals surface area (Å²) in [6.07, 6.45) is -0.0137. The molecule has 4 nitrogen and oxygen atoms in total. The molecule has 0 rings (SSSR count). The number of nitrogens with zero attached hydrogens (tertiary/aromatic N) is 1. The van der Waals surface area contributed by atoms with E-state index in [1.807, 2.05) is 25.9 Å². The Morgan fingerprint density at radius 1 is 1.38 bits per heavy atom. The molecule has 0 spiro atoms. The van der Waals surface area contributed by atoms with Crippen molar-refractivity contribution in [2.24, 2.45) is 0 Å². The van der Waals surface area contributed by atoms with Gasteiger partial charge >= 0.3 is 0 Å². The number of ketones is 1. The van der Waals surface area contributed by atoms with Gasteiger partial charge in [-0.15, -0.1) is 0 Å². The summed E-state index contributed by atoms with van der Waals surface area (Å²) in [5.74, 6) is -0.295. The zero-order chi connectivity index (χ0) is 10.4. The van der Waals surface area contributed by atoms with E-state index in [0.717, 1.165) is 0 Å². The Morgan fingerprint density at radius 3 is 2.31 bits per heavy atom. The van der Waals surface area contributed by atoms with Crippen LogP contribution >= 0.6 is 0 Å². The van der Waals surface area contributed by atoms with Crippen LogP contribution in [-0.4, -0.2) is 43.3 Å². The van der Waals surface area contributed by atoms with Gasteiger partial charge in [-0.2, -0.15) is 0 Å². The number of hydrogen-bond acceptors (Lipinski definition) is 3. The highest BCUT2D eigenvalue weighted by atomic mass is 16.2. The first-order valence-corrected chi connectivity index (χ1v) is 4.36. The topological polar surface area (TPSA) is 49.4 Å². The highest BCUT2D eigenvalue weighted by Gasteiger charge is 2.08. The number of Topliss-reactive ketones (excluding diaryl/α,β-unsaturated/α-hetero) is 1. The normalized spacial score (nSPS) is 12.7. The van der Waals surface area contributed by atoms with Gasteiger partial charge in [0.05, 0.1) is 6.42 Å². The summed E-state index contributed by atoms with van der Waals surface area (Å²) in [6.45, 7) is 4.00. The van der Waals surface area contributed by atoms with E-state index >= 15 is 0 Å². The van der Waals surface area contributed by atoms with Crippen LogP contribution in [0.1, 0.15) is 20.3 Å². The van der Waals surface area contributed by atoms with Crippen molar-refractivity contribution < 1.29 is 9.59 Å². The summed E-state index contributed by atoms with van der Waals surface area (Å²) in [6, 6.07) is 0.288. The summed E-state index contributed by atoms with van der Waals surface area (Å²) in [7, 11) is 3.89. The SMILES string of the molecule is CC(=O)CC(=O)NCC(C)N(C)C. The fourth-order valence-corrected chi connectivity index (χ4v) is 0.733. The maximum absolute atomic E-state index is 11.0. The quantitative estimate of drug-likeness (QED) is 0.616. The molecule has 0 aromatic carbocycles. The van der Waals surface area contributed by atoms with Crippen LogP contribution in [0.2, 0.25) is 0 Å². The minimum absolute atomic E-state index is 0.0137. The average Bonchev–Trinajstić information content (AvgIpc) is 1.98. The predicted octanol–water partition coefficient (Wildman–Crippen LogP) is 0.0318. The minimum Gasteiger partial charge on any atom is -0.354 e. The molecule has 1 N–H and O–H groups in total. The lowest BCUT2D eigenvalue weighted by molar-refractivity contribution is -0.127. The predicted molar refractivity (Wildman–Crippen MR) is 51.5 cm³/mol. The molecular formula is C9H18N2O2. The fraction of sp³-hybridized carbons (Fsp3) is 0.778. The minimum atomic E-state index is -0.193. The van der Waals surface area contributed by atoms with E-state index in [4.69, 9.17) is 0 Å². The van der Waals surface area contributed by atoms with Gasteiger partial charge in [0, 0.05) is 12.6 Å². The summed E-state index contributed by atoms with van der Waals surface area (Å²) in [5, 5.41) is 2.69. The number of hydrogen-bond donors (Lipinski definition) is 1. The zero-order valence-corrected chi connectivity index (χ0v) is 8.76. The molecule has 0 aromatic rings. The van der Waals surface area contributed by atoms with Crippen molar-refractivity contribution >= 4 is 11.7 Å². The molecule has 0 heterocycles. The smallest absolute Gasteiger partial charge is 0.227 e. The molecule has 0 aliphatic rings. The molecule has 0 saturated carbocycles. The standard InChI is InChI=1S/C9H18N2O2/c1-7(11(3)4)6-10-9(13)5-8(2)12/h7H,5-6H2,1-4H3,(H,10,13). The Balaban J connectivity index is 3.64. The highest BCUT2D eigenvalue weighted by Crippen LogP contribution is 1.89. The molecule has 0 fully saturated rings. The maximum atomic E-state index is 11.0. The Labute approximate surface area is 79.3 Å². The fourth-order valence-electron chi connectivity index (χ4n) is 0.733. The summed E-state index contributed by atoms with van der Waals surface area (Å²) in [4.78, 5) is 23.6. The third kappa shape index (κ3) is 6.28. The van der Waals surface area contributed by atoms with Crippen molar-refractivity contribution in [1.82, 2.24) is 10.2 Å². The van der Waals surface area contributed by atoms with E-state index in [1.165, 1.54) is 6.92 Å². The largest absolute Gasteiger partial charge is 0.354 e. The van der Waals surface area contributed by atoms with Gasteiger partial charge < -0.3 is 10.2 Å². The molecule has 1 unspecified atom stereocenters. The molecule has 0 aromatic heterocycles. The molecular weight excluding hydrogens is 168 g/mol. The van der Waals surface area contributed by atoms with Gasteiger partial charge in [-0.25, -0.2) is 0 Å². The zero-order valence-electron chi connectivity index (χ0n) is 8.76. The van der Waals surface area contributed by atoms with Gasteiger partial charge in [-0.3, -0.25) is 9.59 Å². The number of nitrogens with one attached hydrogen (secondary N) is 1. The van der Waals surface area contributed by atoms with Crippen LogP contribution in [0.5, 0.6) is 0 Å². The first-order valence-electron chi connectivity index (χ1n) is 4.36. The van der Waals surface area contributed by atoms with Crippen LogP contribution in [0.15, 0.2) is 0 Å². The van der Waals surface area contributed by atoms with Crippen LogP contribution < -0.4 is 5.32 Å². The average molecular weight is 186 g/mol. The lowest BCUT2D eigenvalue weighted by Gasteiger charge is -2.19. The van der Waals surface area contributed by atoms with Crippen molar-refractivity contribution in [1.29, 1.82) is 0 Å². The molecule has 76 valence electrons. The molecule has 1 atom stereocenters. The molecule has 1 amide bonds. The van der Waals surface area contributed by atoms with Crippen LogP contribution in [0.3, 0.4) is 0 Å². The lowest BCUT2D eigenvalue weighted by Crippen LogP contribution is -2.38. The van der Waals surface area contributed by atoms with E-state index in [0.29, 0.717) is 6.54 Å². The van der Waals surface area contributed by atoms with Crippen LogP contribution in [0.4, 0.5) is 0 Å². The summed E-state index contributed by atoms with van der Waals surface area (Å²) in [5.41, 5.74) is 0. The van der Waals surface area contributed by atoms with E-state index in [2.05, 4.69) is 5.32 Å². The second kappa shape index (κ2) is 5.70. The van der Waals surface area contributed by atoms with Crippen molar-refractivity contribution in [2.75, 3.05) is 20.6 Å². The number of amides is 1. The molecule has 0 aliphatic carbocycles.